The van der Waals surface area contributed by atoms with E-state index in [-0.39, 0.29) is 23.1 Å². The number of sulfonamides is 1. The largest absolute Gasteiger partial charge is 0.361 e. The van der Waals surface area contributed by atoms with Gasteiger partial charge in [0.15, 0.2) is 5.78 Å². The van der Waals surface area contributed by atoms with Crippen molar-refractivity contribution in [1.29, 1.82) is 0 Å². The molecule has 3 rings (SSSR count). The van der Waals surface area contributed by atoms with Gasteiger partial charge in [0, 0.05) is 36.3 Å². The van der Waals surface area contributed by atoms with Gasteiger partial charge in [-0.1, -0.05) is 30.3 Å². The van der Waals surface area contributed by atoms with E-state index in [0.29, 0.717) is 18.5 Å². The molecule has 2 aromatic carbocycles. The number of fused-ring (bicyclic) bond motifs is 1. The van der Waals surface area contributed by atoms with Crippen molar-refractivity contribution in [2.75, 3.05) is 20.1 Å². The molecule has 0 aliphatic heterocycles. The Kier molecular flexibility index (Phi) is 6.14. The summed E-state index contributed by atoms with van der Waals surface area (Å²) in [6.45, 7) is 1.53. The summed E-state index contributed by atoms with van der Waals surface area (Å²) < 4.78 is 26.2. The van der Waals surface area contributed by atoms with Crippen LogP contribution in [0.3, 0.4) is 0 Å². The normalized spacial score (nSPS) is 11.7. The van der Waals surface area contributed by atoms with E-state index in [0.717, 1.165) is 20.8 Å². The summed E-state index contributed by atoms with van der Waals surface area (Å²) in [6.07, 6.45) is 2.55. The average Bonchev–Trinajstić information content (AvgIpc) is 3.11. The fraction of sp³-hybridized carbons (Fsp3) is 0.238. The summed E-state index contributed by atoms with van der Waals surface area (Å²) in [5.74, 6) is -0.520. The Balaban J connectivity index is 1.56. The molecule has 0 radical (unpaired) electrons. The van der Waals surface area contributed by atoms with Gasteiger partial charge in [0.1, 0.15) is 0 Å². The van der Waals surface area contributed by atoms with Crippen LogP contribution in [-0.2, 0) is 21.2 Å². The fourth-order valence-electron chi connectivity index (χ4n) is 3.06. The van der Waals surface area contributed by atoms with Crippen LogP contribution in [0.1, 0.15) is 22.8 Å². The average molecular weight is 413 g/mol. The minimum atomic E-state index is -3.82. The third-order valence-electron chi connectivity index (χ3n) is 4.73. The maximum Gasteiger partial charge on any atom is 0.243 e. The lowest BCUT2D eigenvalue weighted by Gasteiger charge is -2.17. The minimum Gasteiger partial charge on any atom is -0.361 e. The molecule has 29 heavy (non-hydrogen) atoms. The first-order valence-corrected chi connectivity index (χ1v) is 10.6. The number of carbonyl (C=O) groups is 2. The third-order valence-corrected chi connectivity index (χ3v) is 6.54. The number of carbonyl (C=O) groups excluding carboxylic acids is 2. The number of nitrogens with one attached hydrogen (secondary N) is 2. The summed E-state index contributed by atoms with van der Waals surface area (Å²) in [5.41, 5.74) is 2.56. The van der Waals surface area contributed by atoms with Crippen LogP contribution in [-0.4, -0.2) is 49.5 Å². The number of nitrogens with zero attached hydrogens (tertiary/aromatic N) is 1. The van der Waals surface area contributed by atoms with E-state index in [4.69, 9.17) is 0 Å². The minimum absolute atomic E-state index is 0.0385. The molecule has 2 N–H and O–H groups in total. The van der Waals surface area contributed by atoms with E-state index in [1.807, 2.05) is 30.5 Å². The molecule has 1 amide bonds. The summed E-state index contributed by atoms with van der Waals surface area (Å²) in [6, 6.07) is 13.6. The van der Waals surface area contributed by atoms with Gasteiger partial charge in [-0.3, -0.25) is 9.59 Å². The number of hydrogen-bond donors (Lipinski definition) is 2. The monoisotopic (exact) mass is 413 g/mol. The Morgan fingerprint density at radius 1 is 1.07 bits per heavy atom. The standard InChI is InChI=1S/C21H23N3O4S/c1-15(25)16-7-9-18(10-8-16)29(27,28)24(2)14-21(26)22-12-11-17-13-23-20-6-4-3-5-19(17)20/h3-10,13,23H,11-12,14H2,1-2H3,(H,22,26). The second-order valence-electron chi connectivity index (χ2n) is 6.80. The SMILES string of the molecule is CC(=O)c1ccc(S(=O)(=O)N(C)CC(=O)NCCc2c[nH]c3ccccc23)cc1. The molecule has 1 aromatic heterocycles. The van der Waals surface area contributed by atoms with Crippen molar-refractivity contribution < 1.29 is 18.0 Å². The Morgan fingerprint density at radius 3 is 2.45 bits per heavy atom. The van der Waals surface area contributed by atoms with Crippen LogP contribution in [0.15, 0.2) is 59.6 Å². The Hall–Kier alpha value is -2.97. The number of likely N-dealkylation sites (N-methyl/N-ethyl adjacent to an activating group) is 1. The smallest absolute Gasteiger partial charge is 0.243 e. The topological polar surface area (TPSA) is 99.3 Å². The molecule has 0 aliphatic carbocycles. The Morgan fingerprint density at radius 2 is 1.76 bits per heavy atom. The van der Waals surface area contributed by atoms with Crippen LogP contribution in [0.5, 0.6) is 0 Å². The van der Waals surface area contributed by atoms with E-state index in [1.54, 1.807) is 0 Å². The molecule has 0 unspecified atom stereocenters. The highest BCUT2D eigenvalue weighted by Gasteiger charge is 2.23. The second-order valence-corrected chi connectivity index (χ2v) is 8.85. The van der Waals surface area contributed by atoms with E-state index < -0.39 is 10.0 Å². The van der Waals surface area contributed by atoms with Gasteiger partial charge < -0.3 is 10.3 Å². The summed E-state index contributed by atoms with van der Waals surface area (Å²) in [5, 5.41) is 3.87. The Bertz CT molecular complexity index is 1130. The zero-order chi connectivity index (χ0) is 21.0. The molecule has 0 aliphatic rings. The van der Waals surface area contributed by atoms with Crippen molar-refractivity contribution in [3.63, 3.8) is 0 Å². The van der Waals surface area contributed by atoms with Gasteiger partial charge in [-0.2, -0.15) is 4.31 Å². The second kappa shape index (κ2) is 8.59. The predicted molar refractivity (Wildman–Crippen MR) is 111 cm³/mol. The molecular weight excluding hydrogens is 390 g/mol. The number of amides is 1. The molecule has 152 valence electrons. The number of rotatable bonds is 8. The number of H-pyrrole nitrogens is 1. The van der Waals surface area contributed by atoms with E-state index in [1.165, 1.54) is 38.2 Å². The van der Waals surface area contributed by atoms with Crippen molar-refractivity contribution in [3.05, 3.63) is 65.9 Å². The Labute approximate surface area is 169 Å². The first-order chi connectivity index (χ1) is 13.8. The maximum absolute atomic E-state index is 12.6. The van der Waals surface area contributed by atoms with Gasteiger partial charge in [-0.05, 0) is 37.1 Å². The van der Waals surface area contributed by atoms with Gasteiger partial charge in [-0.15, -0.1) is 0 Å². The summed E-state index contributed by atoms with van der Waals surface area (Å²) in [4.78, 5) is 26.8. The molecule has 0 saturated heterocycles. The lowest BCUT2D eigenvalue weighted by atomic mass is 10.1. The molecule has 8 heteroatoms. The van der Waals surface area contributed by atoms with Gasteiger partial charge in [-0.25, -0.2) is 8.42 Å². The molecular formula is C21H23N3O4S. The van der Waals surface area contributed by atoms with Crippen LogP contribution in [0.4, 0.5) is 0 Å². The zero-order valence-electron chi connectivity index (χ0n) is 16.3. The predicted octanol–water partition coefficient (Wildman–Crippen LogP) is 2.35. The van der Waals surface area contributed by atoms with Gasteiger partial charge in [0.2, 0.25) is 15.9 Å². The lowest BCUT2D eigenvalue weighted by molar-refractivity contribution is -0.121. The number of ketones is 1. The highest BCUT2D eigenvalue weighted by atomic mass is 32.2. The van der Waals surface area contributed by atoms with Crippen LogP contribution in [0, 0.1) is 0 Å². The first kappa shape index (κ1) is 20.8. The molecule has 0 spiro atoms. The van der Waals surface area contributed by atoms with E-state index >= 15 is 0 Å². The fourth-order valence-corrected chi connectivity index (χ4v) is 4.19. The molecule has 0 bridgehead atoms. The van der Waals surface area contributed by atoms with Gasteiger partial charge in [0.05, 0.1) is 11.4 Å². The van der Waals surface area contributed by atoms with Gasteiger partial charge in [0.25, 0.3) is 0 Å². The van der Waals surface area contributed by atoms with Crippen molar-refractivity contribution in [2.24, 2.45) is 0 Å². The number of aromatic amines is 1. The molecule has 0 fully saturated rings. The zero-order valence-corrected chi connectivity index (χ0v) is 17.1. The quantitative estimate of drug-likeness (QED) is 0.554. The molecule has 3 aromatic rings. The number of benzene rings is 2. The van der Waals surface area contributed by atoms with Crippen LogP contribution >= 0.6 is 0 Å². The highest BCUT2D eigenvalue weighted by molar-refractivity contribution is 7.89. The van der Waals surface area contributed by atoms with Crippen LogP contribution in [0.25, 0.3) is 10.9 Å². The van der Waals surface area contributed by atoms with Crippen molar-refractivity contribution in [1.82, 2.24) is 14.6 Å². The first-order valence-electron chi connectivity index (χ1n) is 9.18. The van der Waals surface area contributed by atoms with Crippen LogP contribution in [0.2, 0.25) is 0 Å². The lowest BCUT2D eigenvalue weighted by Crippen LogP contribution is -2.39. The summed E-state index contributed by atoms with van der Waals surface area (Å²) in [7, 11) is -2.46. The summed E-state index contributed by atoms with van der Waals surface area (Å²) >= 11 is 0. The molecule has 1 heterocycles. The highest BCUT2D eigenvalue weighted by Crippen LogP contribution is 2.18. The molecule has 0 atom stereocenters. The van der Waals surface area contributed by atoms with E-state index in [9.17, 15) is 18.0 Å². The third kappa shape index (κ3) is 4.72. The van der Waals surface area contributed by atoms with Crippen molar-refractivity contribution >= 4 is 32.6 Å². The van der Waals surface area contributed by atoms with Crippen molar-refractivity contribution in [2.45, 2.75) is 18.2 Å². The van der Waals surface area contributed by atoms with Crippen LogP contribution < -0.4 is 5.32 Å². The number of aromatic nitrogens is 1. The van der Waals surface area contributed by atoms with E-state index in [2.05, 4.69) is 10.3 Å². The molecule has 7 nitrogen and oxygen atoms in total. The van der Waals surface area contributed by atoms with Gasteiger partial charge >= 0.3 is 0 Å². The maximum atomic E-state index is 12.6. The number of para-hydroxylation sites is 1. The number of hydrogen-bond acceptors (Lipinski definition) is 4. The van der Waals surface area contributed by atoms with Crippen molar-refractivity contribution in [3.8, 4) is 0 Å². The number of Topliss-reactive ketones (excluding diaryl/α,β-unsaturated/α-hetero) is 1. The molecule has 0 saturated carbocycles.